The Bertz CT molecular complexity index is 134. The van der Waals surface area contributed by atoms with Crippen molar-refractivity contribution in [2.24, 2.45) is 0 Å². The van der Waals surface area contributed by atoms with Crippen LogP contribution in [0.25, 0.3) is 0 Å². The van der Waals surface area contributed by atoms with Crippen LogP contribution in [0.2, 0.25) is 0 Å². The van der Waals surface area contributed by atoms with E-state index < -0.39 is 12.6 Å². The molecule has 0 spiro atoms. The third-order valence-electron chi connectivity index (χ3n) is 2.07. The summed E-state index contributed by atoms with van der Waals surface area (Å²) >= 11 is 1.91. The molecule has 0 bridgehead atoms. The van der Waals surface area contributed by atoms with E-state index in [4.69, 9.17) is 0 Å². The molecule has 0 nitrogen and oxygen atoms in total. The van der Waals surface area contributed by atoms with Gasteiger partial charge in [0.25, 0.3) is 0 Å². The average molecular weight is 322 g/mol. The lowest BCUT2D eigenvalue weighted by molar-refractivity contribution is -0.133. The van der Waals surface area contributed by atoms with E-state index in [1.165, 1.54) is 12.8 Å². The maximum Gasteiger partial charge on any atom is 0.390 e. The molecular formula is C10H18F3I. The molecule has 0 saturated heterocycles. The highest BCUT2D eigenvalue weighted by Gasteiger charge is 2.30. The van der Waals surface area contributed by atoms with E-state index in [-0.39, 0.29) is 3.92 Å². The fourth-order valence-electron chi connectivity index (χ4n) is 1.32. The van der Waals surface area contributed by atoms with Crippen molar-refractivity contribution in [2.75, 3.05) is 0 Å². The Morgan fingerprint density at radius 3 is 2.14 bits per heavy atom. The van der Waals surface area contributed by atoms with E-state index in [9.17, 15) is 13.2 Å². The van der Waals surface area contributed by atoms with Crippen molar-refractivity contribution >= 4 is 22.6 Å². The second-order valence-electron chi connectivity index (χ2n) is 3.62. The lowest BCUT2D eigenvalue weighted by Crippen LogP contribution is -2.14. The molecule has 0 saturated carbocycles. The molecule has 86 valence electrons. The standard InChI is InChI=1S/C10H18F3I/c1-2-3-4-5-6-7-9(14)8-10(11,12)13/h9H,2-8H2,1H3. The topological polar surface area (TPSA) is 0 Å². The number of alkyl halides is 4. The summed E-state index contributed by atoms with van der Waals surface area (Å²) in [6, 6.07) is 0. The summed E-state index contributed by atoms with van der Waals surface area (Å²) in [6.45, 7) is 2.13. The summed E-state index contributed by atoms with van der Waals surface area (Å²) < 4.78 is 35.6. The molecule has 14 heavy (non-hydrogen) atoms. The molecule has 0 radical (unpaired) electrons. The molecule has 0 aromatic rings. The maximum atomic E-state index is 11.9. The van der Waals surface area contributed by atoms with Crippen LogP contribution in [-0.2, 0) is 0 Å². The van der Waals surface area contributed by atoms with Crippen LogP contribution in [0.3, 0.4) is 0 Å². The first-order valence-electron chi connectivity index (χ1n) is 5.16. The number of hydrogen-bond acceptors (Lipinski definition) is 0. The minimum absolute atomic E-state index is 0.241. The largest absolute Gasteiger partial charge is 0.390 e. The molecule has 0 aromatic heterocycles. The molecule has 1 unspecified atom stereocenters. The van der Waals surface area contributed by atoms with Crippen molar-refractivity contribution in [3.8, 4) is 0 Å². The molecule has 0 aliphatic rings. The van der Waals surface area contributed by atoms with E-state index in [2.05, 4.69) is 6.92 Å². The first kappa shape index (κ1) is 14.5. The average Bonchev–Trinajstić information content (AvgIpc) is 2.00. The van der Waals surface area contributed by atoms with E-state index in [0.717, 1.165) is 19.3 Å². The highest BCUT2D eigenvalue weighted by molar-refractivity contribution is 14.1. The van der Waals surface area contributed by atoms with Crippen LogP contribution in [-0.4, -0.2) is 10.1 Å². The molecule has 4 heteroatoms. The Balaban J connectivity index is 3.31. The van der Waals surface area contributed by atoms with Gasteiger partial charge in [0.2, 0.25) is 0 Å². The first-order valence-corrected chi connectivity index (χ1v) is 6.41. The highest BCUT2D eigenvalue weighted by atomic mass is 127. The summed E-state index contributed by atoms with van der Waals surface area (Å²) in [5, 5.41) is 0. The van der Waals surface area contributed by atoms with Crippen molar-refractivity contribution < 1.29 is 13.2 Å². The summed E-state index contributed by atoms with van der Waals surface area (Å²) in [4.78, 5) is 0. The van der Waals surface area contributed by atoms with Gasteiger partial charge in [-0.3, -0.25) is 0 Å². The Kier molecular flexibility index (Phi) is 8.05. The summed E-state index contributed by atoms with van der Waals surface area (Å²) in [7, 11) is 0. The predicted molar refractivity (Wildman–Crippen MR) is 61.9 cm³/mol. The van der Waals surface area contributed by atoms with Crippen molar-refractivity contribution in [2.45, 2.75) is 62.0 Å². The Hall–Kier alpha value is 0.520. The Labute approximate surface area is 97.8 Å². The first-order chi connectivity index (χ1) is 6.45. The zero-order chi connectivity index (χ0) is 11.0. The van der Waals surface area contributed by atoms with Gasteiger partial charge in [0, 0.05) is 3.92 Å². The number of halogens is 4. The van der Waals surface area contributed by atoms with Gasteiger partial charge in [0.05, 0.1) is 6.42 Å². The summed E-state index contributed by atoms with van der Waals surface area (Å²) in [6.07, 6.45) is 1.61. The van der Waals surface area contributed by atoms with Crippen molar-refractivity contribution in [3.63, 3.8) is 0 Å². The zero-order valence-corrected chi connectivity index (χ0v) is 10.7. The van der Waals surface area contributed by atoms with Crippen LogP contribution in [0.5, 0.6) is 0 Å². The molecule has 0 rings (SSSR count). The number of rotatable bonds is 7. The van der Waals surface area contributed by atoms with Crippen LogP contribution >= 0.6 is 22.6 Å². The van der Waals surface area contributed by atoms with Crippen LogP contribution in [0.15, 0.2) is 0 Å². The van der Waals surface area contributed by atoms with Gasteiger partial charge in [-0.25, -0.2) is 0 Å². The normalized spacial score (nSPS) is 14.4. The van der Waals surface area contributed by atoms with Gasteiger partial charge < -0.3 is 0 Å². The molecule has 1 atom stereocenters. The minimum Gasteiger partial charge on any atom is -0.171 e. The molecular weight excluding hydrogens is 304 g/mol. The van der Waals surface area contributed by atoms with E-state index >= 15 is 0 Å². The van der Waals surface area contributed by atoms with Crippen LogP contribution in [0.1, 0.15) is 51.9 Å². The highest BCUT2D eigenvalue weighted by Crippen LogP contribution is 2.28. The van der Waals surface area contributed by atoms with Gasteiger partial charge in [-0.1, -0.05) is 61.6 Å². The van der Waals surface area contributed by atoms with E-state index in [0.29, 0.717) is 6.42 Å². The molecule has 0 heterocycles. The smallest absolute Gasteiger partial charge is 0.171 e. The molecule has 0 N–H and O–H groups in total. The fraction of sp³-hybridized carbons (Fsp3) is 1.00. The summed E-state index contributed by atoms with van der Waals surface area (Å²) in [5.41, 5.74) is 0. The van der Waals surface area contributed by atoms with Crippen molar-refractivity contribution in [1.29, 1.82) is 0 Å². The van der Waals surface area contributed by atoms with Crippen LogP contribution < -0.4 is 0 Å². The molecule has 0 fully saturated rings. The lowest BCUT2D eigenvalue weighted by atomic mass is 10.1. The monoisotopic (exact) mass is 322 g/mol. The van der Waals surface area contributed by atoms with Gasteiger partial charge in [-0.05, 0) is 6.42 Å². The zero-order valence-electron chi connectivity index (χ0n) is 8.54. The van der Waals surface area contributed by atoms with E-state index in [1.54, 1.807) is 0 Å². The number of unbranched alkanes of at least 4 members (excludes halogenated alkanes) is 4. The Morgan fingerprint density at radius 2 is 1.64 bits per heavy atom. The molecule has 0 amide bonds. The van der Waals surface area contributed by atoms with Gasteiger partial charge in [-0.2, -0.15) is 13.2 Å². The predicted octanol–water partition coefficient (Wildman–Crippen LogP) is 5.10. The van der Waals surface area contributed by atoms with Gasteiger partial charge in [0.1, 0.15) is 0 Å². The van der Waals surface area contributed by atoms with Gasteiger partial charge in [0.15, 0.2) is 0 Å². The number of hydrogen-bond donors (Lipinski definition) is 0. The molecule has 0 aromatic carbocycles. The minimum atomic E-state index is -3.99. The quantitative estimate of drug-likeness (QED) is 0.347. The third kappa shape index (κ3) is 10.6. The fourth-order valence-corrected chi connectivity index (χ4v) is 2.26. The van der Waals surface area contributed by atoms with Crippen molar-refractivity contribution in [3.05, 3.63) is 0 Å². The molecule has 0 aliphatic heterocycles. The molecule has 0 aliphatic carbocycles. The summed E-state index contributed by atoms with van der Waals surface area (Å²) in [5.74, 6) is 0. The maximum absolute atomic E-state index is 11.9. The third-order valence-corrected chi connectivity index (χ3v) is 3.14. The van der Waals surface area contributed by atoms with E-state index in [1.807, 2.05) is 22.6 Å². The SMILES string of the molecule is CCCCCCCC(I)CC(F)(F)F. The van der Waals surface area contributed by atoms with Crippen LogP contribution in [0, 0.1) is 0 Å². The second-order valence-corrected chi connectivity index (χ2v) is 5.38. The van der Waals surface area contributed by atoms with Gasteiger partial charge in [-0.15, -0.1) is 0 Å². The van der Waals surface area contributed by atoms with Crippen LogP contribution in [0.4, 0.5) is 13.2 Å². The second kappa shape index (κ2) is 7.77. The van der Waals surface area contributed by atoms with Crippen molar-refractivity contribution in [1.82, 2.24) is 0 Å². The lowest BCUT2D eigenvalue weighted by Gasteiger charge is -2.11. The Morgan fingerprint density at radius 1 is 1.07 bits per heavy atom. The van der Waals surface area contributed by atoms with Gasteiger partial charge >= 0.3 is 6.18 Å².